The molecule has 1 aromatic carbocycles. The highest BCUT2D eigenvalue weighted by Crippen LogP contribution is 2.35. The predicted molar refractivity (Wildman–Crippen MR) is 96.3 cm³/mol. The Morgan fingerprint density at radius 2 is 2.08 bits per heavy atom. The van der Waals surface area contributed by atoms with Gasteiger partial charge in [-0.2, -0.15) is 0 Å². The molecule has 2 amide bonds. The SMILES string of the molecule is COC1CCC2CC(CCNC(=O)c3ccccc3C)C(=O)NC2C1. The summed E-state index contributed by atoms with van der Waals surface area (Å²) in [4.78, 5) is 24.6. The summed E-state index contributed by atoms with van der Waals surface area (Å²) in [6, 6.07) is 7.81. The second-order valence-electron chi connectivity index (χ2n) is 7.34. The van der Waals surface area contributed by atoms with E-state index in [2.05, 4.69) is 10.6 Å². The largest absolute Gasteiger partial charge is 0.381 e. The summed E-state index contributed by atoms with van der Waals surface area (Å²) in [5.74, 6) is 0.606. The number of carbonyl (C=O) groups excluding carboxylic acids is 2. The zero-order chi connectivity index (χ0) is 17.8. The van der Waals surface area contributed by atoms with Crippen molar-refractivity contribution in [2.45, 2.75) is 51.2 Å². The number of amides is 2. The summed E-state index contributed by atoms with van der Waals surface area (Å²) in [6.45, 7) is 2.46. The van der Waals surface area contributed by atoms with Crippen LogP contribution in [0, 0.1) is 18.8 Å². The Kier molecular flexibility index (Phi) is 5.74. The lowest BCUT2D eigenvalue weighted by molar-refractivity contribution is -0.131. The van der Waals surface area contributed by atoms with E-state index in [-0.39, 0.29) is 29.9 Å². The Morgan fingerprint density at radius 1 is 1.28 bits per heavy atom. The zero-order valence-corrected chi connectivity index (χ0v) is 15.1. The molecule has 0 bridgehead atoms. The van der Waals surface area contributed by atoms with Crippen molar-refractivity contribution in [3.05, 3.63) is 35.4 Å². The van der Waals surface area contributed by atoms with Crippen molar-refractivity contribution in [2.75, 3.05) is 13.7 Å². The molecule has 4 atom stereocenters. The predicted octanol–water partition coefficient (Wildman–Crippen LogP) is 2.43. The van der Waals surface area contributed by atoms with Crippen molar-refractivity contribution in [2.24, 2.45) is 11.8 Å². The molecule has 1 aliphatic heterocycles. The Hall–Kier alpha value is -1.88. The van der Waals surface area contributed by atoms with Gasteiger partial charge in [0.1, 0.15) is 0 Å². The van der Waals surface area contributed by atoms with Gasteiger partial charge in [0.05, 0.1) is 6.10 Å². The van der Waals surface area contributed by atoms with Crippen molar-refractivity contribution in [1.82, 2.24) is 10.6 Å². The summed E-state index contributed by atoms with van der Waals surface area (Å²) < 4.78 is 5.45. The third-order valence-electron chi connectivity index (χ3n) is 5.73. The van der Waals surface area contributed by atoms with E-state index in [1.54, 1.807) is 7.11 Å². The molecule has 2 N–H and O–H groups in total. The average Bonchev–Trinajstić information content (AvgIpc) is 2.62. The first-order valence-electron chi connectivity index (χ1n) is 9.25. The van der Waals surface area contributed by atoms with Crippen LogP contribution in [0.25, 0.3) is 0 Å². The van der Waals surface area contributed by atoms with E-state index >= 15 is 0 Å². The molecule has 1 saturated carbocycles. The molecule has 2 fully saturated rings. The molecule has 2 aliphatic rings. The van der Waals surface area contributed by atoms with E-state index in [1.165, 1.54) is 0 Å². The van der Waals surface area contributed by atoms with Gasteiger partial charge in [-0.15, -0.1) is 0 Å². The van der Waals surface area contributed by atoms with Gasteiger partial charge >= 0.3 is 0 Å². The lowest BCUT2D eigenvalue weighted by atomic mass is 9.74. The summed E-state index contributed by atoms with van der Waals surface area (Å²) >= 11 is 0. The van der Waals surface area contributed by atoms with Crippen LogP contribution in [0.1, 0.15) is 48.0 Å². The van der Waals surface area contributed by atoms with Crippen LogP contribution in [0.3, 0.4) is 0 Å². The van der Waals surface area contributed by atoms with Gasteiger partial charge in [-0.05, 0) is 56.6 Å². The first-order chi connectivity index (χ1) is 12.1. The summed E-state index contributed by atoms with van der Waals surface area (Å²) in [5.41, 5.74) is 1.67. The maximum absolute atomic E-state index is 12.4. The normalized spacial score (nSPS) is 28.8. The molecule has 5 nitrogen and oxygen atoms in total. The van der Waals surface area contributed by atoms with Gasteiger partial charge in [0.15, 0.2) is 0 Å². The van der Waals surface area contributed by atoms with E-state index in [0.29, 0.717) is 24.4 Å². The Balaban J connectivity index is 1.48. The maximum atomic E-state index is 12.4. The van der Waals surface area contributed by atoms with Crippen LogP contribution in [0.5, 0.6) is 0 Å². The van der Waals surface area contributed by atoms with Crippen molar-refractivity contribution >= 4 is 11.8 Å². The maximum Gasteiger partial charge on any atom is 0.251 e. The monoisotopic (exact) mass is 344 g/mol. The van der Waals surface area contributed by atoms with Crippen LogP contribution >= 0.6 is 0 Å². The molecule has 1 heterocycles. The van der Waals surface area contributed by atoms with E-state index in [1.807, 2.05) is 31.2 Å². The van der Waals surface area contributed by atoms with Crippen molar-refractivity contribution in [1.29, 1.82) is 0 Å². The Labute approximate surface area is 149 Å². The van der Waals surface area contributed by atoms with Crippen molar-refractivity contribution < 1.29 is 14.3 Å². The molecule has 5 heteroatoms. The van der Waals surface area contributed by atoms with E-state index in [9.17, 15) is 9.59 Å². The van der Waals surface area contributed by atoms with Crippen LogP contribution in [0.15, 0.2) is 24.3 Å². The van der Waals surface area contributed by atoms with Gasteiger partial charge < -0.3 is 15.4 Å². The highest BCUT2D eigenvalue weighted by Gasteiger charge is 2.39. The quantitative estimate of drug-likeness (QED) is 0.862. The molecule has 25 heavy (non-hydrogen) atoms. The molecule has 3 rings (SSSR count). The third-order valence-corrected chi connectivity index (χ3v) is 5.73. The lowest BCUT2D eigenvalue weighted by Gasteiger charge is -2.41. The van der Waals surface area contributed by atoms with Gasteiger partial charge in [-0.3, -0.25) is 9.59 Å². The van der Waals surface area contributed by atoms with E-state index in [4.69, 9.17) is 4.74 Å². The van der Waals surface area contributed by atoms with E-state index < -0.39 is 0 Å². The third kappa shape index (κ3) is 4.21. The van der Waals surface area contributed by atoms with Crippen LogP contribution in [-0.4, -0.2) is 37.6 Å². The van der Waals surface area contributed by atoms with Crippen LogP contribution in [0.2, 0.25) is 0 Å². The smallest absolute Gasteiger partial charge is 0.251 e. The fourth-order valence-electron chi connectivity index (χ4n) is 4.17. The molecule has 4 unspecified atom stereocenters. The number of hydrogen-bond donors (Lipinski definition) is 2. The van der Waals surface area contributed by atoms with Crippen LogP contribution in [-0.2, 0) is 9.53 Å². The number of piperidine rings is 1. The fourth-order valence-corrected chi connectivity index (χ4v) is 4.17. The number of methoxy groups -OCH3 is 1. The number of carbonyl (C=O) groups is 2. The van der Waals surface area contributed by atoms with E-state index in [0.717, 1.165) is 31.2 Å². The van der Waals surface area contributed by atoms with Gasteiger partial charge in [0, 0.05) is 31.2 Å². The van der Waals surface area contributed by atoms with Gasteiger partial charge in [-0.1, -0.05) is 18.2 Å². The molecule has 0 aromatic heterocycles. The first kappa shape index (κ1) is 17.9. The minimum Gasteiger partial charge on any atom is -0.381 e. The lowest BCUT2D eigenvalue weighted by Crippen LogP contribution is -2.53. The number of benzene rings is 1. The Morgan fingerprint density at radius 3 is 2.84 bits per heavy atom. The zero-order valence-electron chi connectivity index (χ0n) is 15.1. The first-order valence-corrected chi connectivity index (χ1v) is 9.25. The molecule has 136 valence electrons. The number of aryl methyl sites for hydroxylation is 1. The number of rotatable bonds is 5. The Bertz CT molecular complexity index is 631. The molecule has 1 saturated heterocycles. The van der Waals surface area contributed by atoms with Gasteiger partial charge in [-0.25, -0.2) is 0 Å². The number of ether oxygens (including phenoxy) is 1. The molecular weight excluding hydrogens is 316 g/mol. The average molecular weight is 344 g/mol. The highest BCUT2D eigenvalue weighted by molar-refractivity contribution is 5.95. The topological polar surface area (TPSA) is 67.4 Å². The summed E-state index contributed by atoms with van der Waals surface area (Å²) in [7, 11) is 1.75. The molecule has 1 aliphatic carbocycles. The standard InChI is InChI=1S/C20H28N2O3/c1-13-5-3-4-6-17(13)20(24)21-10-9-15-11-14-7-8-16(25-2)12-18(14)22-19(15)23/h3-6,14-16,18H,7-12H2,1-2H3,(H,21,24)(H,22,23). The second kappa shape index (κ2) is 8.00. The van der Waals surface area contributed by atoms with Gasteiger partial charge in [0.25, 0.3) is 5.91 Å². The number of fused-ring (bicyclic) bond motifs is 1. The van der Waals surface area contributed by atoms with Crippen LogP contribution < -0.4 is 10.6 Å². The van der Waals surface area contributed by atoms with Crippen molar-refractivity contribution in [3.8, 4) is 0 Å². The van der Waals surface area contributed by atoms with Gasteiger partial charge in [0.2, 0.25) is 5.91 Å². The minimum absolute atomic E-state index is 0.00230. The summed E-state index contributed by atoms with van der Waals surface area (Å²) in [5, 5.41) is 6.14. The fraction of sp³-hybridized carbons (Fsp3) is 0.600. The van der Waals surface area contributed by atoms with Crippen LogP contribution in [0.4, 0.5) is 0 Å². The second-order valence-corrected chi connectivity index (χ2v) is 7.34. The number of hydrogen-bond acceptors (Lipinski definition) is 3. The highest BCUT2D eigenvalue weighted by atomic mass is 16.5. The molecule has 0 radical (unpaired) electrons. The summed E-state index contributed by atoms with van der Waals surface area (Å²) in [6.07, 6.45) is 4.99. The minimum atomic E-state index is -0.0622. The molecule has 0 spiro atoms. The molecule has 1 aromatic rings. The number of nitrogens with one attached hydrogen (secondary N) is 2. The van der Waals surface area contributed by atoms with Crippen molar-refractivity contribution in [3.63, 3.8) is 0 Å². The molecular formula is C20H28N2O3.